The van der Waals surface area contributed by atoms with Crippen molar-refractivity contribution in [3.05, 3.63) is 42.0 Å². The van der Waals surface area contributed by atoms with Crippen LogP contribution in [-0.2, 0) is 13.6 Å². The Morgan fingerprint density at radius 3 is 2.82 bits per heavy atom. The fourth-order valence-corrected chi connectivity index (χ4v) is 3.01. The first-order chi connectivity index (χ1) is 10.8. The first-order valence-electron chi connectivity index (χ1n) is 7.89. The largest absolute Gasteiger partial charge is 0.486 e. The van der Waals surface area contributed by atoms with E-state index in [4.69, 9.17) is 9.47 Å². The molecule has 0 unspecified atom stereocenters. The Morgan fingerprint density at radius 1 is 1.27 bits per heavy atom. The number of imidazole rings is 1. The molecule has 2 aliphatic rings. The van der Waals surface area contributed by atoms with Crippen LogP contribution < -0.4 is 14.8 Å². The molecule has 5 nitrogen and oxygen atoms in total. The Kier molecular flexibility index (Phi) is 3.50. The topological polar surface area (TPSA) is 48.3 Å². The summed E-state index contributed by atoms with van der Waals surface area (Å²) >= 11 is 0. The standard InChI is InChI=1S/C17H21N3O2/c1-20-11-18-9-14(20)10-19-17(12-2-3-12)13-4-5-15-16(8-13)22-7-6-21-15/h4-5,8-9,11-12,17,19H,2-3,6-7,10H2,1H3/t17-/m0/s1. The molecule has 4 rings (SSSR count). The predicted molar refractivity (Wildman–Crippen MR) is 82.9 cm³/mol. The van der Waals surface area contributed by atoms with E-state index in [0.717, 1.165) is 24.0 Å². The number of ether oxygens (including phenoxy) is 2. The lowest BCUT2D eigenvalue weighted by Crippen LogP contribution is -2.24. The van der Waals surface area contributed by atoms with Gasteiger partial charge in [0, 0.05) is 25.8 Å². The molecule has 1 saturated carbocycles. The molecule has 2 heterocycles. The number of hydrogen-bond acceptors (Lipinski definition) is 4. The van der Waals surface area contributed by atoms with E-state index in [9.17, 15) is 0 Å². The van der Waals surface area contributed by atoms with Gasteiger partial charge in [0.2, 0.25) is 0 Å². The van der Waals surface area contributed by atoms with Gasteiger partial charge in [-0.3, -0.25) is 0 Å². The smallest absolute Gasteiger partial charge is 0.161 e. The maximum absolute atomic E-state index is 5.72. The number of hydrogen-bond donors (Lipinski definition) is 1. The molecule has 2 aromatic rings. The Morgan fingerprint density at radius 2 is 2.09 bits per heavy atom. The predicted octanol–water partition coefficient (Wildman–Crippen LogP) is 2.43. The van der Waals surface area contributed by atoms with Crippen LogP contribution in [0.2, 0.25) is 0 Å². The van der Waals surface area contributed by atoms with Crippen LogP contribution in [-0.4, -0.2) is 22.8 Å². The van der Waals surface area contributed by atoms with Gasteiger partial charge in [0.1, 0.15) is 13.2 Å². The lowest BCUT2D eigenvalue weighted by molar-refractivity contribution is 0.171. The molecule has 116 valence electrons. The molecule has 1 N–H and O–H groups in total. The van der Waals surface area contributed by atoms with E-state index >= 15 is 0 Å². The number of benzene rings is 1. The van der Waals surface area contributed by atoms with Gasteiger partial charge in [-0.1, -0.05) is 6.07 Å². The third-order valence-electron chi connectivity index (χ3n) is 4.44. The van der Waals surface area contributed by atoms with Crippen LogP contribution in [0.15, 0.2) is 30.7 Å². The van der Waals surface area contributed by atoms with Crippen LogP contribution in [0.3, 0.4) is 0 Å². The van der Waals surface area contributed by atoms with Gasteiger partial charge < -0.3 is 19.4 Å². The lowest BCUT2D eigenvalue weighted by Gasteiger charge is -2.23. The van der Waals surface area contributed by atoms with Crippen LogP contribution >= 0.6 is 0 Å². The molecular weight excluding hydrogens is 278 g/mol. The van der Waals surface area contributed by atoms with Gasteiger partial charge in [-0.25, -0.2) is 4.98 Å². The number of nitrogens with one attached hydrogen (secondary N) is 1. The van der Waals surface area contributed by atoms with E-state index in [1.807, 2.05) is 25.6 Å². The van der Waals surface area contributed by atoms with Crippen LogP contribution in [0.25, 0.3) is 0 Å². The van der Waals surface area contributed by atoms with Crippen LogP contribution in [0.4, 0.5) is 0 Å². The minimum atomic E-state index is 0.366. The summed E-state index contributed by atoms with van der Waals surface area (Å²) in [7, 11) is 2.03. The molecule has 1 atom stereocenters. The van der Waals surface area contributed by atoms with Crippen molar-refractivity contribution in [3.8, 4) is 11.5 Å². The second-order valence-electron chi connectivity index (χ2n) is 6.09. The van der Waals surface area contributed by atoms with Crippen LogP contribution in [0, 0.1) is 5.92 Å². The molecule has 0 amide bonds. The minimum Gasteiger partial charge on any atom is -0.486 e. The Labute approximate surface area is 130 Å². The highest BCUT2D eigenvalue weighted by atomic mass is 16.6. The van der Waals surface area contributed by atoms with E-state index < -0.39 is 0 Å². The molecule has 1 aliphatic carbocycles. The van der Waals surface area contributed by atoms with Gasteiger partial charge >= 0.3 is 0 Å². The Bertz CT molecular complexity index is 664. The zero-order valence-electron chi connectivity index (χ0n) is 12.8. The highest BCUT2D eigenvalue weighted by Gasteiger charge is 2.32. The number of aromatic nitrogens is 2. The summed E-state index contributed by atoms with van der Waals surface area (Å²) in [6.45, 7) is 2.09. The van der Waals surface area contributed by atoms with Crippen LogP contribution in [0.5, 0.6) is 11.5 Å². The zero-order valence-corrected chi connectivity index (χ0v) is 12.8. The van der Waals surface area contributed by atoms with E-state index in [-0.39, 0.29) is 0 Å². The summed E-state index contributed by atoms with van der Waals surface area (Å²) in [6, 6.07) is 6.69. The maximum atomic E-state index is 5.72. The molecule has 1 aromatic carbocycles. The molecule has 1 aromatic heterocycles. The summed E-state index contributed by atoms with van der Waals surface area (Å²) in [5, 5.41) is 3.69. The van der Waals surface area contributed by atoms with Crippen molar-refractivity contribution in [2.45, 2.75) is 25.4 Å². The molecule has 1 fully saturated rings. The molecule has 0 saturated heterocycles. The van der Waals surface area contributed by atoms with Crippen molar-refractivity contribution in [1.82, 2.24) is 14.9 Å². The number of aryl methyl sites for hydroxylation is 1. The van der Waals surface area contributed by atoms with E-state index in [0.29, 0.717) is 19.3 Å². The highest BCUT2D eigenvalue weighted by Crippen LogP contribution is 2.43. The Balaban J connectivity index is 1.53. The first kappa shape index (κ1) is 13.6. The van der Waals surface area contributed by atoms with Crippen molar-refractivity contribution < 1.29 is 9.47 Å². The van der Waals surface area contributed by atoms with Crippen molar-refractivity contribution in [2.75, 3.05) is 13.2 Å². The molecule has 1 aliphatic heterocycles. The molecule has 0 radical (unpaired) electrons. The van der Waals surface area contributed by atoms with Gasteiger partial charge in [0.25, 0.3) is 0 Å². The van der Waals surface area contributed by atoms with Crippen LogP contribution in [0.1, 0.15) is 30.1 Å². The molecule has 0 bridgehead atoms. The highest BCUT2D eigenvalue weighted by molar-refractivity contribution is 5.45. The molecule has 5 heteroatoms. The quantitative estimate of drug-likeness (QED) is 0.921. The average molecular weight is 299 g/mol. The number of rotatable bonds is 5. The molecular formula is C17H21N3O2. The third kappa shape index (κ3) is 2.68. The Hall–Kier alpha value is -2.01. The SMILES string of the molecule is Cn1cncc1CN[C@H](c1ccc2c(c1)OCCO2)C1CC1. The van der Waals surface area contributed by atoms with Gasteiger partial charge in [-0.2, -0.15) is 0 Å². The summed E-state index contributed by atoms with van der Waals surface area (Å²) < 4.78 is 13.4. The summed E-state index contributed by atoms with van der Waals surface area (Å²) in [5.41, 5.74) is 2.48. The van der Waals surface area contributed by atoms with E-state index in [1.54, 1.807) is 0 Å². The summed E-state index contributed by atoms with van der Waals surface area (Å²) in [6.07, 6.45) is 6.34. The number of nitrogens with zero attached hydrogens (tertiary/aromatic N) is 2. The summed E-state index contributed by atoms with van der Waals surface area (Å²) in [5.74, 6) is 2.45. The second-order valence-corrected chi connectivity index (χ2v) is 6.09. The van der Waals surface area contributed by atoms with Crippen molar-refractivity contribution in [1.29, 1.82) is 0 Å². The lowest BCUT2D eigenvalue weighted by atomic mass is 10.0. The van der Waals surface area contributed by atoms with E-state index in [1.165, 1.54) is 24.1 Å². The van der Waals surface area contributed by atoms with E-state index in [2.05, 4.69) is 27.0 Å². The second kappa shape index (κ2) is 5.65. The van der Waals surface area contributed by atoms with Gasteiger partial charge in [0.15, 0.2) is 11.5 Å². The first-order valence-corrected chi connectivity index (χ1v) is 7.89. The minimum absolute atomic E-state index is 0.366. The fraction of sp³-hybridized carbons (Fsp3) is 0.471. The van der Waals surface area contributed by atoms with Gasteiger partial charge in [0.05, 0.1) is 12.0 Å². The summed E-state index contributed by atoms with van der Waals surface area (Å²) in [4.78, 5) is 4.18. The number of fused-ring (bicyclic) bond motifs is 1. The third-order valence-corrected chi connectivity index (χ3v) is 4.44. The van der Waals surface area contributed by atoms with Gasteiger partial charge in [-0.15, -0.1) is 0 Å². The maximum Gasteiger partial charge on any atom is 0.161 e. The van der Waals surface area contributed by atoms with Crippen molar-refractivity contribution in [2.24, 2.45) is 13.0 Å². The fourth-order valence-electron chi connectivity index (χ4n) is 3.01. The van der Waals surface area contributed by atoms with Crippen molar-refractivity contribution >= 4 is 0 Å². The van der Waals surface area contributed by atoms with Gasteiger partial charge in [-0.05, 0) is 36.5 Å². The average Bonchev–Trinajstić information content (AvgIpc) is 3.30. The normalized spacial score (nSPS) is 18.2. The molecule has 0 spiro atoms. The zero-order chi connectivity index (χ0) is 14.9. The van der Waals surface area contributed by atoms with Crippen molar-refractivity contribution in [3.63, 3.8) is 0 Å². The monoisotopic (exact) mass is 299 g/mol. The molecule has 22 heavy (non-hydrogen) atoms.